The molecule has 1 aliphatic heterocycles. The molecule has 144 valence electrons. The normalized spacial score (nSPS) is 15.0. The fourth-order valence-electron chi connectivity index (χ4n) is 3.67. The van der Waals surface area contributed by atoms with Crippen molar-refractivity contribution in [2.24, 2.45) is 0 Å². The van der Waals surface area contributed by atoms with Crippen LogP contribution in [0.5, 0.6) is 0 Å². The van der Waals surface area contributed by atoms with Gasteiger partial charge in [0.15, 0.2) is 0 Å². The third-order valence-corrected chi connectivity index (χ3v) is 5.34. The summed E-state index contributed by atoms with van der Waals surface area (Å²) >= 11 is 0. The predicted molar refractivity (Wildman–Crippen MR) is 107 cm³/mol. The van der Waals surface area contributed by atoms with Crippen LogP contribution in [-0.4, -0.2) is 45.2 Å². The number of nitrogens with zero attached hydrogens (tertiary/aromatic N) is 3. The Morgan fingerprint density at radius 3 is 2.61 bits per heavy atom. The summed E-state index contributed by atoms with van der Waals surface area (Å²) in [5, 5.41) is 3.11. The number of likely N-dealkylation sites (tertiary alicyclic amines) is 1. The number of hydrogen-bond donors (Lipinski definition) is 1. The molecule has 0 bridgehead atoms. The summed E-state index contributed by atoms with van der Waals surface area (Å²) in [7, 11) is 0. The summed E-state index contributed by atoms with van der Waals surface area (Å²) in [5.74, 6) is -0.0939. The Morgan fingerprint density at radius 2 is 1.86 bits per heavy atom. The number of imidazole rings is 1. The molecule has 1 N–H and O–H groups in total. The molecule has 4 rings (SSSR count). The highest BCUT2D eigenvalue weighted by Gasteiger charge is 2.26. The standard InChI is InChI=1S/C22H24N4O2/c1-15-7-10-26-14-19(24-20(26)13-15)22(28)25-11-8-17(9-12-25)23-21(27)18-6-4-3-5-16(18)2/h3-7,10,13-14,17H,8-9,11-12H2,1-2H3,(H,23,27). The fourth-order valence-corrected chi connectivity index (χ4v) is 3.67. The van der Waals surface area contributed by atoms with Gasteiger partial charge in [0.1, 0.15) is 11.3 Å². The van der Waals surface area contributed by atoms with Gasteiger partial charge in [0, 0.05) is 37.1 Å². The Kier molecular flexibility index (Phi) is 4.86. The molecule has 0 atom stereocenters. The molecule has 1 aromatic carbocycles. The van der Waals surface area contributed by atoms with Gasteiger partial charge in [0.2, 0.25) is 0 Å². The summed E-state index contributed by atoms with van der Waals surface area (Å²) in [6.07, 6.45) is 5.19. The molecule has 3 aromatic rings. The number of rotatable bonds is 3. The molecule has 6 heteroatoms. The smallest absolute Gasteiger partial charge is 0.274 e. The van der Waals surface area contributed by atoms with Crippen molar-refractivity contribution < 1.29 is 9.59 Å². The van der Waals surface area contributed by atoms with Crippen molar-refractivity contribution in [2.75, 3.05) is 13.1 Å². The van der Waals surface area contributed by atoms with Crippen LogP contribution in [0.4, 0.5) is 0 Å². The monoisotopic (exact) mass is 376 g/mol. The molecule has 2 aromatic heterocycles. The van der Waals surface area contributed by atoms with Crippen LogP contribution in [0.1, 0.15) is 44.8 Å². The molecule has 2 amide bonds. The number of hydrogen-bond acceptors (Lipinski definition) is 3. The number of fused-ring (bicyclic) bond motifs is 1. The van der Waals surface area contributed by atoms with Crippen LogP contribution in [0.25, 0.3) is 5.65 Å². The molecule has 1 saturated heterocycles. The van der Waals surface area contributed by atoms with E-state index in [1.807, 2.05) is 65.7 Å². The van der Waals surface area contributed by atoms with Gasteiger partial charge in [-0.15, -0.1) is 0 Å². The average Bonchev–Trinajstić information content (AvgIpc) is 3.11. The minimum Gasteiger partial charge on any atom is -0.349 e. The zero-order chi connectivity index (χ0) is 19.7. The number of aromatic nitrogens is 2. The van der Waals surface area contributed by atoms with E-state index < -0.39 is 0 Å². The molecule has 6 nitrogen and oxygen atoms in total. The summed E-state index contributed by atoms with van der Waals surface area (Å²) in [5.41, 5.74) is 4.04. The Labute approximate surface area is 164 Å². The summed E-state index contributed by atoms with van der Waals surface area (Å²) in [6, 6.07) is 11.6. The van der Waals surface area contributed by atoms with E-state index in [9.17, 15) is 9.59 Å². The second-order valence-corrected chi connectivity index (χ2v) is 7.45. The van der Waals surface area contributed by atoms with Gasteiger partial charge in [-0.3, -0.25) is 9.59 Å². The quantitative estimate of drug-likeness (QED) is 0.764. The van der Waals surface area contributed by atoms with Gasteiger partial charge in [-0.1, -0.05) is 18.2 Å². The first-order valence-corrected chi connectivity index (χ1v) is 9.62. The van der Waals surface area contributed by atoms with E-state index >= 15 is 0 Å². The number of amides is 2. The lowest BCUT2D eigenvalue weighted by molar-refractivity contribution is 0.0693. The van der Waals surface area contributed by atoms with E-state index in [1.54, 1.807) is 6.20 Å². The SMILES string of the molecule is Cc1ccn2cc(C(=O)N3CCC(NC(=O)c4ccccc4C)CC3)nc2c1. The number of carbonyl (C=O) groups excluding carboxylic acids is 2. The van der Waals surface area contributed by atoms with E-state index in [-0.39, 0.29) is 17.9 Å². The molecular formula is C22H24N4O2. The molecule has 0 saturated carbocycles. The molecular weight excluding hydrogens is 352 g/mol. The highest BCUT2D eigenvalue weighted by molar-refractivity contribution is 5.96. The molecule has 28 heavy (non-hydrogen) atoms. The van der Waals surface area contributed by atoms with Crippen molar-refractivity contribution in [1.29, 1.82) is 0 Å². The van der Waals surface area contributed by atoms with Crippen molar-refractivity contribution in [2.45, 2.75) is 32.7 Å². The summed E-state index contributed by atoms with van der Waals surface area (Å²) < 4.78 is 1.87. The molecule has 1 fully saturated rings. The van der Waals surface area contributed by atoms with Crippen molar-refractivity contribution in [3.63, 3.8) is 0 Å². The highest BCUT2D eigenvalue weighted by Crippen LogP contribution is 2.16. The van der Waals surface area contributed by atoms with E-state index in [1.165, 1.54) is 0 Å². The van der Waals surface area contributed by atoms with E-state index in [2.05, 4.69) is 10.3 Å². The second kappa shape index (κ2) is 7.46. The van der Waals surface area contributed by atoms with Crippen LogP contribution in [0.2, 0.25) is 0 Å². The van der Waals surface area contributed by atoms with Crippen LogP contribution in [0.15, 0.2) is 48.8 Å². The molecule has 0 radical (unpaired) electrons. The van der Waals surface area contributed by atoms with Crippen molar-refractivity contribution >= 4 is 17.5 Å². The van der Waals surface area contributed by atoms with Gasteiger partial charge in [-0.2, -0.15) is 0 Å². The highest BCUT2D eigenvalue weighted by atomic mass is 16.2. The molecule has 1 aliphatic rings. The van der Waals surface area contributed by atoms with Gasteiger partial charge in [0.05, 0.1) is 0 Å². The zero-order valence-corrected chi connectivity index (χ0v) is 16.2. The predicted octanol–water partition coefficient (Wildman–Crippen LogP) is 2.99. The maximum atomic E-state index is 12.8. The maximum absolute atomic E-state index is 12.8. The Hall–Kier alpha value is -3.15. The van der Waals surface area contributed by atoms with Crippen LogP contribution < -0.4 is 5.32 Å². The number of piperidine rings is 1. The lowest BCUT2D eigenvalue weighted by atomic mass is 10.0. The number of nitrogens with one attached hydrogen (secondary N) is 1. The van der Waals surface area contributed by atoms with Crippen LogP contribution >= 0.6 is 0 Å². The Morgan fingerprint density at radius 1 is 1.11 bits per heavy atom. The number of carbonyl (C=O) groups is 2. The van der Waals surface area contributed by atoms with E-state index in [0.29, 0.717) is 24.3 Å². The first kappa shape index (κ1) is 18.2. The largest absolute Gasteiger partial charge is 0.349 e. The second-order valence-electron chi connectivity index (χ2n) is 7.45. The van der Waals surface area contributed by atoms with Crippen molar-refractivity contribution in [3.05, 3.63) is 71.2 Å². The van der Waals surface area contributed by atoms with Crippen LogP contribution in [-0.2, 0) is 0 Å². The van der Waals surface area contributed by atoms with Crippen molar-refractivity contribution in [1.82, 2.24) is 19.6 Å². The van der Waals surface area contributed by atoms with E-state index in [0.717, 1.165) is 29.6 Å². The third kappa shape index (κ3) is 3.63. The van der Waals surface area contributed by atoms with Gasteiger partial charge >= 0.3 is 0 Å². The zero-order valence-electron chi connectivity index (χ0n) is 16.2. The lowest BCUT2D eigenvalue weighted by Gasteiger charge is -2.32. The van der Waals surface area contributed by atoms with E-state index in [4.69, 9.17) is 0 Å². The van der Waals surface area contributed by atoms with Gasteiger partial charge in [-0.05, 0) is 56.0 Å². The maximum Gasteiger partial charge on any atom is 0.274 e. The molecule has 0 spiro atoms. The Balaban J connectivity index is 1.37. The topological polar surface area (TPSA) is 66.7 Å². The number of pyridine rings is 1. The van der Waals surface area contributed by atoms with Gasteiger partial charge in [0.25, 0.3) is 11.8 Å². The van der Waals surface area contributed by atoms with Crippen LogP contribution in [0.3, 0.4) is 0 Å². The van der Waals surface area contributed by atoms with Gasteiger partial charge in [-0.25, -0.2) is 4.98 Å². The summed E-state index contributed by atoms with van der Waals surface area (Å²) in [6.45, 7) is 5.17. The number of aryl methyl sites for hydroxylation is 2. The van der Waals surface area contributed by atoms with Crippen LogP contribution in [0, 0.1) is 13.8 Å². The summed E-state index contributed by atoms with van der Waals surface area (Å²) in [4.78, 5) is 31.6. The molecule has 0 aliphatic carbocycles. The lowest BCUT2D eigenvalue weighted by Crippen LogP contribution is -2.46. The molecule has 0 unspecified atom stereocenters. The Bertz CT molecular complexity index is 1030. The van der Waals surface area contributed by atoms with Crippen molar-refractivity contribution in [3.8, 4) is 0 Å². The first-order valence-electron chi connectivity index (χ1n) is 9.62. The minimum absolute atomic E-state index is 0.0430. The number of benzene rings is 1. The minimum atomic E-state index is -0.0509. The third-order valence-electron chi connectivity index (χ3n) is 5.34. The first-order chi connectivity index (χ1) is 13.5. The van der Waals surface area contributed by atoms with Gasteiger partial charge < -0.3 is 14.6 Å². The fraction of sp³-hybridized carbons (Fsp3) is 0.318. The molecule has 3 heterocycles. The average molecular weight is 376 g/mol.